The van der Waals surface area contributed by atoms with Gasteiger partial charge in [-0.1, -0.05) is 47.5 Å². The first kappa shape index (κ1) is 20.9. The van der Waals surface area contributed by atoms with Gasteiger partial charge in [-0.25, -0.2) is 4.79 Å². The van der Waals surface area contributed by atoms with E-state index in [0.717, 1.165) is 25.7 Å². The molecule has 4 heteroatoms. The quantitative estimate of drug-likeness (QED) is 0.488. The highest BCUT2D eigenvalue weighted by Gasteiger charge is 2.21. The molecular weight excluding hydrogens is 278 g/mol. The second-order valence-corrected chi connectivity index (χ2v) is 7.74. The number of rotatable bonds is 10. The van der Waals surface area contributed by atoms with Crippen molar-refractivity contribution < 1.29 is 14.3 Å². The van der Waals surface area contributed by atoms with Crippen molar-refractivity contribution in [1.29, 1.82) is 0 Å². The first-order chi connectivity index (χ1) is 10.2. The molecule has 0 aromatic heterocycles. The van der Waals surface area contributed by atoms with Crippen molar-refractivity contribution in [3.05, 3.63) is 0 Å². The van der Waals surface area contributed by atoms with E-state index in [9.17, 15) is 9.59 Å². The van der Waals surface area contributed by atoms with Crippen molar-refractivity contribution >= 4 is 11.9 Å². The largest absolute Gasteiger partial charge is 0.467 e. The maximum atomic E-state index is 12.0. The number of hydrogen-bond acceptors (Lipinski definition) is 3. The minimum Gasteiger partial charge on any atom is -0.467 e. The second-order valence-electron chi connectivity index (χ2n) is 7.74. The van der Waals surface area contributed by atoms with Gasteiger partial charge < -0.3 is 10.1 Å². The lowest BCUT2D eigenvalue weighted by atomic mass is 9.89. The Bertz CT molecular complexity index is 332. The van der Waals surface area contributed by atoms with Gasteiger partial charge >= 0.3 is 5.97 Å². The standard InChI is InChI=1S/C18H35NO3/c1-14(2)11-12-15(17(21)22-6)19-16(20)10-8-7-9-13-18(3,4)5/h14-15H,7-13H2,1-6H3,(H,19,20). The van der Waals surface area contributed by atoms with Crippen molar-refractivity contribution in [2.24, 2.45) is 11.3 Å². The van der Waals surface area contributed by atoms with E-state index in [2.05, 4.69) is 39.9 Å². The molecule has 0 aromatic carbocycles. The van der Waals surface area contributed by atoms with Crippen LogP contribution >= 0.6 is 0 Å². The Kier molecular flexibility index (Phi) is 10.1. The fraction of sp³-hybridized carbons (Fsp3) is 0.889. The van der Waals surface area contributed by atoms with Gasteiger partial charge in [-0.3, -0.25) is 4.79 Å². The van der Waals surface area contributed by atoms with Gasteiger partial charge in [-0.15, -0.1) is 0 Å². The Hall–Kier alpha value is -1.06. The van der Waals surface area contributed by atoms with Gasteiger partial charge in [0.05, 0.1) is 7.11 Å². The van der Waals surface area contributed by atoms with E-state index < -0.39 is 6.04 Å². The molecule has 130 valence electrons. The van der Waals surface area contributed by atoms with Gasteiger partial charge in [0.25, 0.3) is 0 Å². The lowest BCUT2D eigenvalue weighted by Crippen LogP contribution is -2.41. The van der Waals surface area contributed by atoms with Crippen LogP contribution in [0, 0.1) is 11.3 Å². The molecule has 4 nitrogen and oxygen atoms in total. The van der Waals surface area contributed by atoms with Crippen LogP contribution in [0.4, 0.5) is 0 Å². The van der Waals surface area contributed by atoms with E-state index in [-0.39, 0.29) is 11.9 Å². The van der Waals surface area contributed by atoms with Crippen LogP contribution in [-0.2, 0) is 14.3 Å². The smallest absolute Gasteiger partial charge is 0.328 e. The molecule has 0 saturated carbocycles. The van der Waals surface area contributed by atoms with Crippen LogP contribution in [0.25, 0.3) is 0 Å². The molecule has 0 spiro atoms. The third-order valence-electron chi connectivity index (χ3n) is 3.68. The zero-order valence-corrected chi connectivity index (χ0v) is 15.3. The van der Waals surface area contributed by atoms with Gasteiger partial charge in [0.2, 0.25) is 5.91 Å². The molecule has 0 aromatic rings. The predicted octanol–water partition coefficient (Wildman–Crippen LogP) is 4.08. The van der Waals surface area contributed by atoms with Crippen molar-refractivity contribution in [2.75, 3.05) is 7.11 Å². The average molecular weight is 313 g/mol. The molecule has 1 atom stereocenters. The minimum atomic E-state index is -0.505. The van der Waals surface area contributed by atoms with Crippen LogP contribution in [0.15, 0.2) is 0 Å². The predicted molar refractivity (Wildman–Crippen MR) is 90.6 cm³/mol. The Morgan fingerprint density at radius 1 is 1.05 bits per heavy atom. The zero-order valence-electron chi connectivity index (χ0n) is 15.3. The van der Waals surface area contributed by atoms with Gasteiger partial charge in [-0.05, 0) is 37.0 Å². The monoisotopic (exact) mass is 313 g/mol. The van der Waals surface area contributed by atoms with Crippen LogP contribution in [0.5, 0.6) is 0 Å². The average Bonchev–Trinajstić information content (AvgIpc) is 2.40. The summed E-state index contributed by atoms with van der Waals surface area (Å²) in [4.78, 5) is 23.7. The molecule has 1 N–H and O–H groups in total. The van der Waals surface area contributed by atoms with Crippen LogP contribution in [0.2, 0.25) is 0 Å². The van der Waals surface area contributed by atoms with Gasteiger partial charge in [0.1, 0.15) is 6.04 Å². The summed E-state index contributed by atoms with van der Waals surface area (Å²) in [5.74, 6) is 0.109. The zero-order chi connectivity index (χ0) is 17.2. The molecule has 1 unspecified atom stereocenters. The molecule has 22 heavy (non-hydrogen) atoms. The number of esters is 1. The molecule has 0 saturated heterocycles. The SMILES string of the molecule is COC(=O)C(CCC(C)C)NC(=O)CCCCCC(C)(C)C. The summed E-state index contributed by atoms with van der Waals surface area (Å²) in [7, 11) is 1.36. The molecule has 0 aliphatic carbocycles. The number of hydrogen-bond donors (Lipinski definition) is 1. The van der Waals surface area contributed by atoms with E-state index in [1.165, 1.54) is 13.5 Å². The summed E-state index contributed by atoms with van der Waals surface area (Å²) in [6, 6.07) is -0.505. The lowest BCUT2D eigenvalue weighted by molar-refractivity contribution is -0.145. The van der Waals surface area contributed by atoms with Crippen molar-refractivity contribution in [3.8, 4) is 0 Å². The number of amides is 1. The maximum Gasteiger partial charge on any atom is 0.328 e. The topological polar surface area (TPSA) is 55.4 Å². The minimum absolute atomic E-state index is 0.0464. The van der Waals surface area contributed by atoms with Crippen molar-refractivity contribution in [1.82, 2.24) is 5.32 Å². The van der Waals surface area contributed by atoms with Gasteiger partial charge in [-0.2, -0.15) is 0 Å². The number of nitrogens with one attached hydrogen (secondary N) is 1. The van der Waals surface area contributed by atoms with Crippen molar-refractivity contribution in [3.63, 3.8) is 0 Å². The number of methoxy groups -OCH3 is 1. The molecule has 0 aliphatic rings. The normalized spacial score (nSPS) is 13.0. The van der Waals surface area contributed by atoms with Gasteiger partial charge in [0, 0.05) is 6.42 Å². The third kappa shape index (κ3) is 11.6. The summed E-state index contributed by atoms with van der Waals surface area (Å²) >= 11 is 0. The Labute approximate surface area is 136 Å². The summed E-state index contributed by atoms with van der Waals surface area (Å²) < 4.78 is 4.77. The first-order valence-corrected chi connectivity index (χ1v) is 8.53. The molecule has 1 amide bonds. The number of carbonyl (C=O) groups is 2. The Morgan fingerprint density at radius 3 is 2.18 bits per heavy atom. The maximum absolute atomic E-state index is 12.0. The summed E-state index contributed by atoms with van der Waals surface area (Å²) in [5, 5.41) is 2.82. The summed E-state index contributed by atoms with van der Waals surface area (Å²) in [6.45, 7) is 10.9. The lowest BCUT2D eigenvalue weighted by Gasteiger charge is -2.18. The molecule has 0 heterocycles. The van der Waals surface area contributed by atoms with Crippen molar-refractivity contribution in [2.45, 2.75) is 85.6 Å². The number of carbonyl (C=O) groups excluding carboxylic acids is 2. The highest BCUT2D eigenvalue weighted by molar-refractivity contribution is 5.84. The highest BCUT2D eigenvalue weighted by atomic mass is 16.5. The summed E-state index contributed by atoms with van der Waals surface area (Å²) in [6.07, 6.45) is 6.27. The molecular formula is C18H35NO3. The van der Waals surface area contributed by atoms with E-state index in [1.807, 2.05) is 0 Å². The van der Waals surface area contributed by atoms with Crippen LogP contribution in [0.1, 0.15) is 79.6 Å². The fourth-order valence-corrected chi connectivity index (χ4v) is 2.28. The summed E-state index contributed by atoms with van der Waals surface area (Å²) in [5.41, 5.74) is 0.356. The number of ether oxygens (including phenoxy) is 1. The molecule has 0 aliphatic heterocycles. The second kappa shape index (κ2) is 10.6. The Morgan fingerprint density at radius 2 is 1.68 bits per heavy atom. The van der Waals surface area contributed by atoms with Crippen LogP contribution in [-0.4, -0.2) is 25.0 Å². The van der Waals surface area contributed by atoms with Crippen LogP contribution < -0.4 is 5.32 Å². The van der Waals surface area contributed by atoms with E-state index in [0.29, 0.717) is 24.2 Å². The van der Waals surface area contributed by atoms with E-state index >= 15 is 0 Å². The number of unbranched alkanes of at least 4 members (excludes halogenated alkanes) is 2. The first-order valence-electron chi connectivity index (χ1n) is 8.53. The van der Waals surface area contributed by atoms with Gasteiger partial charge in [0.15, 0.2) is 0 Å². The molecule has 0 fully saturated rings. The fourth-order valence-electron chi connectivity index (χ4n) is 2.28. The van der Waals surface area contributed by atoms with E-state index in [1.54, 1.807) is 0 Å². The Balaban J connectivity index is 4.04. The van der Waals surface area contributed by atoms with Crippen LogP contribution in [0.3, 0.4) is 0 Å². The highest BCUT2D eigenvalue weighted by Crippen LogP contribution is 2.22. The molecule has 0 rings (SSSR count). The third-order valence-corrected chi connectivity index (χ3v) is 3.68. The van der Waals surface area contributed by atoms with E-state index in [4.69, 9.17) is 4.74 Å². The molecule has 0 bridgehead atoms. The molecule has 0 radical (unpaired) electrons.